The number of benzene rings is 3. The molecule has 1 saturated heterocycles. The number of aromatic hydroxyl groups is 1. The lowest BCUT2D eigenvalue weighted by atomic mass is 9.96. The Labute approximate surface area is 212 Å². The molecule has 0 aliphatic carbocycles. The molecule has 3 aromatic carbocycles. The van der Waals surface area contributed by atoms with Crippen molar-refractivity contribution >= 4 is 27.2 Å². The highest BCUT2D eigenvalue weighted by molar-refractivity contribution is 7.21. The number of fused-ring (bicyclic) bond motifs is 1. The summed E-state index contributed by atoms with van der Waals surface area (Å²) in [5.74, 6) is 0.344. The Morgan fingerprint density at radius 3 is 2.64 bits per heavy atom. The van der Waals surface area contributed by atoms with Crippen LogP contribution in [-0.2, 0) is 0 Å². The maximum absolute atomic E-state index is 14.0. The van der Waals surface area contributed by atoms with E-state index in [1.807, 2.05) is 24.3 Å². The van der Waals surface area contributed by atoms with Gasteiger partial charge in [0.2, 0.25) is 5.78 Å². The van der Waals surface area contributed by atoms with Crippen LogP contribution in [0.2, 0.25) is 0 Å². The quantitative estimate of drug-likeness (QED) is 0.204. The Bertz CT molecular complexity index is 1390. The third-order valence-electron chi connectivity index (χ3n) is 6.61. The third kappa shape index (κ3) is 4.99. The summed E-state index contributed by atoms with van der Waals surface area (Å²) in [6.45, 7) is 4.67. The average Bonchev–Trinajstić information content (AvgIpc) is 3.22. The molecule has 1 N–H and O–H groups in total. The number of hydrogen-bond acceptors (Lipinski definition) is 5. The Balaban J connectivity index is 1.38. The van der Waals surface area contributed by atoms with E-state index in [0.717, 1.165) is 53.0 Å². The van der Waals surface area contributed by atoms with E-state index in [1.165, 1.54) is 23.5 Å². The van der Waals surface area contributed by atoms with Crippen LogP contribution < -0.4 is 4.74 Å². The van der Waals surface area contributed by atoms with Crippen LogP contribution in [0.25, 0.3) is 21.2 Å². The predicted molar refractivity (Wildman–Crippen MR) is 140 cm³/mol. The smallest absolute Gasteiger partial charge is 0.203 e. The maximum atomic E-state index is 14.0. The minimum absolute atomic E-state index is 0.124. The molecule has 4 nitrogen and oxygen atoms in total. The zero-order valence-electron chi connectivity index (χ0n) is 20.0. The molecule has 1 aliphatic heterocycles. The van der Waals surface area contributed by atoms with Crippen molar-refractivity contribution in [2.75, 3.05) is 32.9 Å². The molecule has 36 heavy (non-hydrogen) atoms. The second-order valence-electron chi connectivity index (χ2n) is 9.28. The van der Waals surface area contributed by atoms with Crippen molar-refractivity contribution in [3.8, 4) is 22.6 Å². The van der Waals surface area contributed by atoms with Crippen molar-refractivity contribution in [2.45, 2.75) is 13.3 Å². The first-order valence-corrected chi connectivity index (χ1v) is 12.8. The number of alkyl halides is 1. The molecule has 0 amide bonds. The van der Waals surface area contributed by atoms with Crippen LogP contribution in [0, 0.1) is 18.7 Å². The number of carbonyl (C=O) groups excluding carboxylic acids is 1. The van der Waals surface area contributed by atoms with E-state index >= 15 is 0 Å². The fourth-order valence-corrected chi connectivity index (χ4v) is 5.86. The molecule has 1 aromatic heterocycles. The van der Waals surface area contributed by atoms with Crippen molar-refractivity contribution in [3.05, 3.63) is 82.5 Å². The molecule has 186 valence electrons. The molecule has 0 radical (unpaired) electrons. The number of carbonyl (C=O) groups is 1. The molecule has 0 spiro atoms. The highest BCUT2D eigenvalue weighted by atomic mass is 32.1. The zero-order valence-corrected chi connectivity index (χ0v) is 20.8. The molecule has 0 atom stereocenters. The number of ether oxygens (including phenoxy) is 1. The second-order valence-corrected chi connectivity index (χ2v) is 10.3. The number of nitrogens with zero attached hydrogens (tertiary/aromatic N) is 1. The topological polar surface area (TPSA) is 49.8 Å². The number of halogens is 2. The molecule has 1 aliphatic rings. The first-order chi connectivity index (χ1) is 17.4. The lowest BCUT2D eigenvalue weighted by Gasteiger charge is -2.37. The van der Waals surface area contributed by atoms with E-state index in [-0.39, 0.29) is 24.1 Å². The van der Waals surface area contributed by atoms with Gasteiger partial charge >= 0.3 is 0 Å². The van der Waals surface area contributed by atoms with Gasteiger partial charge in [-0.05, 0) is 66.9 Å². The number of thiophene rings is 1. The van der Waals surface area contributed by atoms with Gasteiger partial charge in [-0.25, -0.2) is 4.39 Å². The summed E-state index contributed by atoms with van der Waals surface area (Å²) in [6.07, 6.45) is 0.866. The fraction of sp³-hybridized carbons (Fsp3) is 0.276. The minimum Gasteiger partial charge on any atom is -0.508 e. The first-order valence-electron chi connectivity index (χ1n) is 12.0. The number of phenols is 1. The van der Waals surface area contributed by atoms with E-state index < -0.39 is 5.82 Å². The van der Waals surface area contributed by atoms with Crippen LogP contribution in [0.3, 0.4) is 0 Å². The van der Waals surface area contributed by atoms with Crippen molar-refractivity contribution < 1.29 is 23.4 Å². The Morgan fingerprint density at radius 1 is 1.11 bits per heavy atom. The first kappa shape index (κ1) is 24.4. The van der Waals surface area contributed by atoms with Gasteiger partial charge < -0.3 is 14.7 Å². The normalized spacial score (nSPS) is 14.2. The number of rotatable bonds is 9. The molecule has 5 rings (SSSR count). The van der Waals surface area contributed by atoms with Crippen molar-refractivity contribution in [3.63, 3.8) is 0 Å². The van der Waals surface area contributed by atoms with Crippen molar-refractivity contribution in [2.24, 2.45) is 5.92 Å². The van der Waals surface area contributed by atoms with E-state index in [2.05, 4.69) is 4.90 Å². The third-order valence-corrected chi connectivity index (χ3v) is 7.76. The summed E-state index contributed by atoms with van der Waals surface area (Å²) in [7, 11) is 0. The average molecular weight is 508 g/mol. The van der Waals surface area contributed by atoms with Crippen LogP contribution in [0.1, 0.15) is 27.2 Å². The summed E-state index contributed by atoms with van der Waals surface area (Å²) >= 11 is 1.29. The maximum Gasteiger partial charge on any atom is 0.203 e. The largest absolute Gasteiger partial charge is 0.508 e. The molecule has 0 saturated carbocycles. The SMILES string of the molecule is Cc1ccc(F)cc1C(=O)c1sc2cc(O)ccc2c1-c1ccc(OCCCN2CC(CF)C2)cc1. The van der Waals surface area contributed by atoms with E-state index in [4.69, 9.17) is 4.74 Å². The van der Waals surface area contributed by atoms with Gasteiger partial charge in [0.25, 0.3) is 0 Å². The molecular weight excluding hydrogens is 480 g/mol. The van der Waals surface area contributed by atoms with Gasteiger partial charge in [-0.1, -0.05) is 18.2 Å². The lowest BCUT2D eigenvalue weighted by Crippen LogP contribution is -2.48. The van der Waals surface area contributed by atoms with Crippen molar-refractivity contribution in [1.29, 1.82) is 0 Å². The number of aryl methyl sites for hydroxylation is 1. The van der Waals surface area contributed by atoms with Gasteiger partial charge in [0.1, 0.15) is 17.3 Å². The summed E-state index contributed by atoms with van der Waals surface area (Å²) < 4.78 is 33.2. The fourth-order valence-electron chi connectivity index (χ4n) is 4.65. The number of ketones is 1. The van der Waals surface area contributed by atoms with Crippen LogP contribution in [-0.4, -0.2) is 48.7 Å². The van der Waals surface area contributed by atoms with Gasteiger partial charge in [0, 0.05) is 46.8 Å². The lowest BCUT2D eigenvalue weighted by molar-refractivity contribution is 0.0755. The highest BCUT2D eigenvalue weighted by Crippen LogP contribution is 2.42. The standard InChI is InChI=1S/C29H27F2NO3S/c1-18-3-6-21(31)13-25(18)28(34)29-27(24-10-7-22(33)14-26(24)36-29)20-4-8-23(9-5-20)35-12-2-11-32-16-19(15-30)17-32/h3-10,13-14,19,33H,2,11-12,15-17H2,1H3. The molecule has 7 heteroatoms. The second kappa shape index (κ2) is 10.4. The van der Waals surface area contributed by atoms with Crippen molar-refractivity contribution in [1.82, 2.24) is 4.90 Å². The minimum atomic E-state index is -0.456. The monoisotopic (exact) mass is 507 g/mol. The van der Waals surface area contributed by atoms with E-state index in [9.17, 15) is 18.7 Å². The van der Waals surface area contributed by atoms with Gasteiger partial charge in [-0.3, -0.25) is 9.18 Å². The molecule has 1 fully saturated rings. The molecule has 4 aromatic rings. The highest BCUT2D eigenvalue weighted by Gasteiger charge is 2.26. The summed E-state index contributed by atoms with van der Waals surface area (Å²) in [6, 6.07) is 16.9. The van der Waals surface area contributed by atoms with Crippen LogP contribution in [0.5, 0.6) is 11.5 Å². The van der Waals surface area contributed by atoms with E-state index in [1.54, 1.807) is 31.2 Å². The Hall–Kier alpha value is -3.29. The van der Waals surface area contributed by atoms with Crippen LogP contribution in [0.15, 0.2) is 60.7 Å². The number of likely N-dealkylation sites (tertiary alicyclic amines) is 1. The van der Waals surface area contributed by atoms with Crippen LogP contribution in [0.4, 0.5) is 8.78 Å². The van der Waals surface area contributed by atoms with Gasteiger partial charge in [0.05, 0.1) is 18.2 Å². The molecule has 0 unspecified atom stereocenters. The Morgan fingerprint density at radius 2 is 1.89 bits per heavy atom. The summed E-state index contributed by atoms with van der Waals surface area (Å²) in [5.41, 5.74) is 2.63. The molecular formula is C29H27F2NO3S. The summed E-state index contributed by atoms with van der Waals surface area (Å²) in [5, 5.41) is 10.8. The zero-order chi connectivity index (χ0) is 25.2. The van der Waals surface area contributed by atoms with Gasteiger partial charge in [-0.2, -0.15) is 0 Å². The van der Waals surface area contributed by atoms with Gasteiger partial charge in [-0.15, -0.1) is 11.3 Å². The van der Waals surface area contributed by atoms with E-state index in [0.29, 0.717) is 22.6 Å². The number of phenolic OH excluding ortho intramolecular Hbond substituents is 1. The molecule has 0 bridgehead atoms. The predicted octanol–water partition coefficient (Wildman–Crippen LogP) is 6.62. The Kier molecular flexibility index (Phi) is 7.03. The van der Waals surface area contributed by atoms with Crippen LogP contribution >= 0.6 is 11.3 Å². The molecule has 2 heterocycles. The summed E-state index contributed by atoms with van der Waals surface area (Å²) in [4.78, 5) is 16.3. The number of hydrogen-bond donors (Lipinski definition) is 1. The van der Waals surface area contributed by atoms with Gasteiger partial charge in [0.15, 0.2) is 0 Å².